The van der Waals surface area contributed by atoms with Crippen molar-refractivity contribution in [2.75, 3.05) is 38.9 Å². The Bertz CT molecular complexity index is 1400. The van der Waals surface area contributed by atoms with Crippen molar-refractivity contribution in [3.63, 3.8) is 0 Å². The second-order valence-electron chi connectivity index (χ2n) is 12.5. The first-order valence-corrected chi connectivity index (χ1v) is 14.9. The van der Waals surface area contributed by atoms with Crippen molar-refractivity contribution in [1.82, 2.24) is 15.2 Å². The number of hydrogen-bond acceptors (Lipinski definition) is 6. The highest BCUT2D eigenvalue weighted by molar-refractivity contribution is 6.31. The average molecular weight is 624 g/mol. The molecule has 12 heteroatoms. The number of ether oxygens (including phenoxy) is 1. The zero-order valence-electron chi connectivity index (χ0n) is 23.4. The standard InChI is InChI=1S/C30H34Cl2F2N4O4/c1-16-7-19(10-39)42-11-22(16)36-26(40)25-24(17-5-6-35-23(32)8-17)30(20-4-3-18(31)9-21(20)37-27(30)41)29(38(25)2)12-28(13-29,14-33)15-34/h3-6,8-9,16,19,22,24-25,39H,7,10-15H2,1-2H3,(H,36,40)(H,37,41)/t16?,19-,22?,24-,25+,30+/m0/s1. The van der Waals surface area contributed by atoms with Gasteiger partial charge in [0.2, 0.25) is 11.8 Å². The Labute approximate surface area is 253 Å². The van der Waals surface area contributed by atoms with Crippen LogP contribution in [0.25, 0.3) is 0 Å². The van der Waals surface area contributed by atoms with Crippen LogP contribution in [0.4, 0.5) is 14.5 Å². The number of aliphatic hydroxyl groups excluding tert-OH is 1. The minimum atomic E-state index is -1.39. The molecular weight excluding hydrogens is 589 g/mol. The van der Waals surface area contributed by atoms with E-state index >= 15 is 0 Å². The number of anilines is 1. The summed E-state index contributed by atoms with van der Waals surface area (Å²) in [5, 5.41) is 16.3. The van der Waals surface area contributed by atoms with Gasteiger partial charge in [-0.3, -0.25) is 23.3 Å². The van der Waals surface area contributed by atoms with Gasteiger partial charge in [0.1, 0.15) is 10.6 Å². The van der Waals surface area contributed by atoms with Crippen LogP contribution in [-0.4, -0.2) is 84.1 Å². The van der Waals surface area contributed by atoms with Gasteiger partial charge in [-0.15, -0.1) is 0 Å². The van der Waals surface area contributed by atoms with Crippen molar-refractivity contribution in [3.05, 3.63) is 57.8 Å². The molecule has 2 aromatic rings. The van der Waals surface area contributed by atoms with E-state index in [0.29, 0.717) is 28.3 Å². The lowest BCUT2D eigenvalue weighted by Crippen LogP contribution is -2.70. The average Bonchev–Trinajstić information content (AvgIpc) is 3.36. The maximum atomic E-state index is 14.5. The van der Waals surface area contributed by atoms with Crippen molar-refractivity contribution >= 4 is 40.7 Å². The number of carbonyl (C=O) groups excluding carboxylic acids is 2. The summed E-state index contributed by atoms with van der Waals surface area (Å²) < 4.78 is 34.6. The molecule has 2 saturated heterocycles. The van der Waals surface area contributed by atoms with Crippen LogP contribution >= 0.6 is 23.2 Å². The molecule has 2 amide bonds. The number of fused-ring (bicyclic) bond motifs is 3. The minimum Gasteiger partial charge on any atom is -0.394 e. The fourth-order valence-electron chi connectivity index (χ4n) is 8.31. The molecule has 4 aliphatic rings. The van der Waals surface area contributed by atoms with Crippen molar-refractivity contribution in [2.45, 2.75) is 61.2 Å². The van der Waals surface area contributed by atoms with Gasteiger partial charge in [0.15, 0.2) is 0 Å². The van der Waals surface area contributed by atoms with Gasteiger partial charge in [-0.1, -0.05) is 36.2 Å². The van der Waals surface area contributed by atoms with E-state index < -0.39 is 41.7 Å². The lowest BCUT2D eigenvalue weighted by Gasteiger charge is -2.61. The highest BCUT2D eigenvalue weighted by Gasteiger charge is 2.80. The molecule has 2 unspecified atom stereocenters. The number of aliphatic hydroxyl groups is 1. The molecule has 3 N–H and O–H groups in total. The molecule has 1 aliphatic carbocycles. The van der Waals surface area contributed by atoms with Crippen LogP contribution in [0.15, 0.2) is 36.5 Å². The predicted molar refractivity (Wildman–Crippen MR) is 154 cm³/mol. The number of nitrogens with one attached hydrogen (secondary N) is 2. The monoisotopic (exact) mass is 622 g/mol. The van der Waals surface area contributed by atoms with Gasteiger partial charge >= 0.3 is 0 Å². The largest absolute Gasteiger partial charge is 0.394 e. The number of likely N-dealkylation sites (tertiary alicyclic amines) is 1. The third kappa shape index (κ3) is 4.13. The summed E-state index contributed by atoms with van der Waals surface area (Å²) in [5.74, 6) is -1.45. The fraction of sp³-hybridized carbons (Fsp3) is 0.567. The maximum Gasteiger partial charge on any atom is 0.238 e. The smallest absolute Gasteiger partial charge is 0.238 e. The summed E-state index contributed by atoms with van der Waals surface area (Å²) >= 11 is 12.7. The predicted octanol–water partition coefficient (Wildman–Crippen LogP) is 4.04. The Morgan fingerprint density at radius 3 is 2.62 bits per heavy atom. The van der Waals surface area contributed by atoms with E-state index in [2.05, 4.69) is 15.6 Å². The zero-order valence-corrected chi connectivity index (χ0v) is 24.9. The van der Waals surface area contributed by atoms with Crippen molar-refractivity contribution in [3.8, 4) is 0 Å². The quantitative estimate of drug-likeness (QED) is 0.420. The van der Waals surface area contributed by atoms with E-state index in [1.807, 2.05) is 11.8 Å². The number of rotatable bonds is 6. The third-order valence-electron chi connectivity index (χ3n) is 10.3. The number of aromatic nitrogens is 1. The van der Waals surface area contributed by atoms with E-state index in [-0.39, 0.29) is 61.1 Å². The Kier molecular flexibility index (Phi) is 7.54. The van der Waals surface area contributed by atoms with Gasteiger partial charge in [-0.25, -0.2) is 4.98 Å². The van der Waals surface area contributed by atoms with Crippen molar-refractivity contribution < 1.29 is 28.2 Å². The maximum absolute atomic E-state index is 14.5. The van der Waals surface area contributed by atoms with E-state index in [9.17, 15) is 23.5 Å². The van der Waals surface area contributed by atoms with Crippen LogP contribution < -0.4 is 10.6 Å². The fourth-order valence-corrected chi connectivity index (χ4v) is 8.67. The molecule has 1 aromatic carbocycles. The van der Waals surface area contributed by atoms with Crippen LogP contribution in [0.2, 0.25) is 10.2 Å². The van der Waals surface area contributed by atoms with Crippen molar-refractivity contribution in [2.24, 2.45) is 11.3 Å². The lowest BCUT2D eigenvalue weighted by molar-refractivity contribution is -0.147. The van der Waals surface area contributed by atoms with Crippen LogP contribution in [0.3, 0.4) is 0 Å². The van der Waals surface area contributed by atoms with Gasteiger partial charge in [0.25, 0.3) is 0 Å². The number of benzene rings is 1. The SMILES string of the molecule is CC1C[C@@H](CO)OCC1NC(=O)[C@H]1[C@H](c2ccnc(Cl)c2)[C@]2(C(=O)Nc3cc(Cl)ccc32)C2(CC(CF)(CF)C2)N1C. The first kappa shape index (κ1) is 29.7. The summed E-state index contributed by atoms with van der Waals surface area (Å²) in [6.07, 6.45) is 1.89. The molecule has 0 bridgehead atoms. The highest BCUT2D eigenvalue weighted by Crippen LogP contribution is 2.71. The van der Waals surface area contributed by atoms with E-state index in [1.54, 1.807) is 37.4 Å². The Hall–Kier alpha value is -2.37. The van der Waals surface area contributed by atoms with Crippen molar-refractivity contribution in [1.29, 1.82) is 0 Å². The first-order chi connectivity index (χ1) is 20.1. The summed E-state index contributed by atoms with van der Waals surface area (Å²) in [4.78, 5) is 34.9. The molecule has 2 spiro atoms. The van der Waals surface area contributed by atoms with Gasteiger partial charge in [-0.2, -0.15) is 0 Å². The summed E-state index contributed by atoms with van der Waals surface area (Å²) in [7, 11) is 1.76. The lowest BCUT2D eigenvalue weighted by atomic mass is 9.45. The highest BCUT2D eigenvalue weighted by atomic mass is 35.5. The molecule has 3 fully saturated rings. The van der Waals surface area contributed by atoms with Crippen LogP contribution in [0.1, 0.15) is 43.2 Å². The molecule has 6 rings (SSSR count). The first-order valence-electron chi connectivity index (χ1n) is 14.2. The summed E-state index contributed by atoms with van der Waals surface area (Å²) in [6.45, 7) is 0.359. The molecule has 0 radical (unpaired) electrons. The summed E-state index contributed by atoms with van der Waals surface area (Å²) in [6, 6.07) is 7.28. The summed E-state index contributed by atoms with van der Waals surface area (Å²) in [5.41, 5.74) is -1.99. The molecule has 42 heavy (non-hydrogen) atoms. The molecular formula is C30H34Cl2F2N4O4. The van der Waals surface area contributed by atoms with Crippen LogP contribution in [0.5, 0.6) is 0 Å². The van der Waals surface area contributed by atoms with Gasteiger partial charge in [0.05, 0.1) is 44.8 Å². The van der Waals surface area contributed by atoms with E-state index in [0.717, 1.165) is 0 Å². The Morgan fingerprint density at radius 2 is 1.98 bits per heavy atom. The Balaban J connectivity index is 1.52. The molecule has 226 valence electrons. The van der Waals surface area contributed by atoms with E-state index in [1.165, 1.54) is 6.20 Å². The number of alkyl halides is 2. The molecule has 6 atom stereocenters. The minimum absolute atomic E-state index is 0.0235. The second-order valence-corrected chi connectivity index (χ2v) is 13.3. The number of halogens is 4. The van der Waals surface area contributed by atoms with Gasteiger partial charge in [-0.05, 0) is 67.6 Å². The number of carbonyl (C=O) groups is 2. The molecule has 1 aromatic heterocycles. The molecule has 8 nitrogen and oxygen atoms in total. The number of pyridine rings is 1. The number of likely N-dealkylation sites (N-methyl/N-ethyl adjacent to an activating group) is 1. The van der Waals surface area contributed by atoms with Gasteiger partial charge in [0, 0.05) is 33.8 Å². The number of nitrogens with zero attached hydrogens (tertiary/aromatic N) is 2. The normalized spacial score (nSPS) is 32.9. The molecule has 4 heterocycles. The van der Waals surface area contributed by atoms with Gasteiger partial charge < -0.3 is 20.5 Å². The second kappa shape index (κ2) is 10.7. The molecule has 1 saturated carbocycles. The number of hydrogen-bond donors (Lipinski definition) is 3. The topological polar surface area (TPSA) is 104 Å². The Morgan fingerprint density at radius 1 is 1.24 bits per heavy atom. The van der Waals surface area contributed by atoms with Crippen LogP contribution in [-0.2, 0) is 19.7 Å². The third-order valence-corrected chi connectivity index (χ3v) is 10.7. The van der Waals surface area contributed by atoms with E-state index in [4.69, 9.17) is 27.9 Å². The molecule has 3 aliphatic heterocycles. The van der Waals surface area contributed by atoms with Crippen LogP contribution in [0, 0.1) is 11.3 Å². The zero-order chi connectivity index (χ0) is 30.0. The number of amides is 2.